The Balaban J connectivity index is 1.98. The smallest absolute Gasteiger partial charge is 0.272 e. The molecule has 0 aromatic carbocycles. The third-order valence-electron chi connectivity index (χ3n) is 3.47. The summed E-state index contributed by atoms with van der Waals surface area (Å²) in [6.07, 6.45) is 3.98. The maximum atomic E-state index is 12.5. The summed E-state index contributed by atoms with van der Waals surface area (Å²) < 4.78 is 2.13. The van der Waals surface area contributed by atoms with E-state index in [-0.39, 0.29) is 18.0 Å². The fraction of sp³-hybridized carbons (Fsp3) is 0.462. The van der Waals surface area contributed by atoms with Crippen LogP contribution in [-0.4, -0.2) is 39.7 Å². The van der Waals surface area contributed by atoms with Crippen LogP contribution < -0.4 is 5.56 Å². The van der Waals surface area contributed by atoms with Gasteiger partial charge in [-0.3, -0.25) is 14.2 Å². The van der Waals surface area contributed by atoms with Crippen molar-refractivity contribution in [1.29, 1.82) is 0 Å². The molecule has 0 N–H and O–H groups in total. The van der Waals surface area contributed by atoms with Crippen LogP contribution in [0.4, 0.5) is 0 Å². The van der Waals surface area contributed by atoms with Crippen molar-refractivity contribution < 1.29 is 4.79 Å². The number of thioether (sulfide) groups is 1. The highest BCUT2D eigenvalue weighted by Gasteiger charge is 2.20. The largest absolute Gasteiger partial charge is 0.341 e. The van der Waals surface area contributed by atoms with E-state index in [0.29, 0.717) is 15.4 Å². The molecular weight excluding hydrogens is 294 g/mol. The van der Waals surface area contributed by atoms with Gasteiger partial charge in [0.15, 0.2) is 5.16 Å². The van der Waals surface area contributed by atoms with Crippen LogP contribution in [0.2, 0.25) is 0 Å². The highest BCUT2D eigenvalue weighted by atomic mass is 32.2. The molecule has 3 heterocycles. The Kier molecular flexibility index (Phi) is 3.80. The molecule has 0 saturated carbocycles. The van der Waals surface area contributed by atoms with Crippen molar-refractivity contribution in [3.8, 4) is 0 Å². The van der Waals surface area contributed by atoms with Crippen LogP contribution >= 0.6 is 23.1 Å². The summed E-state index contributed by atoms with van der Waals surface area (Å²) in [7, 11) is 0. The van der Waals surface area contributed by atoms with Crippen molar-refractivity contribution in [2.75, 3.05) is 19.3 Å². The Morgan fingerprint density at radius 3 is 2.90 bits per heavy atom. The van der Waals surface area contributed by atoms with Gasteiger partial charge in [0.1, 0.15) is 11.2 Å². The number of aromatic nitrogens is 2. The molecule has 0 bridgehead atoms. The van der Waals surface area contributed by atoms with Gasteiger partial charge in [-0.15, -0.1) is 11.3 Å². The Bertz CT molecular complexity index is 701. The van der Waals surface area contributed by atoms with Crippen LogP contribution in [0, 0.1) is 0 Å². The van der Waals surface area contributed by atoms with Gasteiger partial charge in [0, 0.05) is 13.1 Å². The number of carbonyl (C=O) groups is 1. The van der Waals surface area contributed by atoms with Crippen LogP contribution in [0.5, 0.6) is 0 Å². The van der Waals surface area contributed by atoms with Gasteiger partial charge in [-0.05, 0) is 30.5 Å². The summed E-state index contributed by atoms with van der Waals surface area (Å²) in [5.74, 6) is 0.0117. The first-order valence-corrected chi connectivity index (χ1v) is 8.61. The molecule has 1 aliphatic heterocycles. The van der Waals surface area contributed by atoms with Gasteiger partial charge >= 0.3 is 0 Å². The van der Waals surface area contributed by atoms with Crippen molar-refractivity contribution in [3.63, 3.8) is 0 Å². The standard InChI is InChI=1S/C13H15N3O2S2/c1-19-13-14-9-4-7-20-11(9)12(18)16(13)8-10(17)15-5-2-3-6-15/h4,7H,2-3,5-6,8H2,1H3. The summed E-state index contributed by atoms with van der Waals surface area (Å²) in [6.45, 7) is 1.70. The lowest BCUT2D eigenvalue weighted by molar-refractivity contribution is -0.130. The number of fused-ring (bicyclic) bond motifs is 1. The van der Waals surface area contributed by atoms with Crippen LogP contribution in [0.15, 0.2) is 21.4 Å². The molecule has 1 amide bonds. The zero-order valence-electron chi connectivity index (χ0n) is 11.2. The molecule has 0 aliphatic carbocycles. The predicted octanol–water partition coefficient (Wildman–Crippen LogP) is 1.80. The Morgan fingerprint density at radius 2 is 2.20 bits per heavy atom. The van der Waals surface area contributed by atoms with Gasteiger partial charge in [-0.1, -0.05) is 11.8 Å². The van der Waals surface area contributed by atoms with Crippen molar-refractivity contribution in [2.24, 2.45) is 0 Å². The van der Waals surface area contributed by atoms with Crippen molar-refractivity contribution in [2.45, 2.75) is 24.5 Å². The van der Waals surface area contributed by atoms with E-state index >= 15 is 0 Å². The molecule has 5 nitrogen and oxygen atoms in total. The predicted molar refractivity (Wildman–Crippen MR) is 81.5 cm³/mol. The fourth-order valence-corrected chi connectivity index (χ4v) is 3.76. The number of nitrogens with zero attached hydrogens (tertiary/aromatic N) is 3. The van der Waals surface area contributed by atoms with E-state index < -0.39 is 0 Å². The Labute approximate surface area is 124 Å². The molecule has 1 saturated heterocycles. The molecule has 1 fully saturated rings. The van der Waals surface area contributed by atoms with E-state index in [2.05, 4.69) is 4.98 Å². The quantitative estimate of drug-likeness (QED) is 0.641. The number of rotatable bonds is 3. The number of likely N-dealkylation sites (tertiary alicyclic amines) is 1. The highest BCUT2D eigenvalue weighted by molar-refractivity contribution is 7.98. The zero-order valence-corrected chi connectivity index (χ0v) is 12.8. The van der Waals surface area contributed by atoms with E-state index in [1.165, 1.54) is 27.7 Å². The van der Waals surface area contributed by atoms with Crippen molar-refractivity contribution >= 4 is 39.2 Å². The molecule has 7 heteroatoms. The van der Waals surface area contributed by atoms with Gasteiger partial charge in [-0.2, -0.15) is 0 Å². The molecule has 2 aromatic rings. The third kappa shape index (κ3) is 2.35. The monoisotopic (exact) mass is 309 g/mol. The van der Waals surface area contributed by atoms with Crippen LogP contribution in [0.3, 0.4) is 0 Å². The number of carbonyl (C=O) groups excluding carboxylic acids is 1. The number of hydrogen-bond donors (Lipinski definition) is 0. The Morgan fingerprint density at radius 1 is 1.45 bits per heavy atom. The molecule has 0 atom stereocenters. The van der Waals surface area contributed by atoms with E-state index in [0.717, 1.165) is 25.9 Å². The Hall–Kier alpha value is -1.34. The first-order chi connectivity index (χ1) is 9.70. The second kappa shape index (κ2) is 5.57. The summed E-state index contributed by atoms with van der Waals surface area (Å²) >= 11 is 2.77. The fourth-order valence-electron chi connectivity index (χ4n) is 2.42. The number of amides is 1. The first-order valence-electron chi connectivity index (χ1n) is 6.50. The number of thiophene rings is 1. The first kappa shape index (κ1) is 13.6. The summed E-state index contributed by atoms with van der Waals surface area (Å²) in [5.41, 5.74) is 0.608. The minimum absolute atomic E-state index is 0.0117. The van der Waals surface area contributed by atoms with Crippen LogP contribution in [0.25, 0.3) is 10.2 Å². The lowest BCUT2D eigenvalue weighted by Crippen LogP contribution is -2.35. The SMILES string of the molecule is CSc1nc2ccsc2c(=O)n1CC(=O)N1CCCC1. The minimum Gasteiger partial charge on any atom is -0.341 e. The molecule has 0 radical (unpaired) electrons. The van der Waals surface area contributed by atoms with Crippen LogP contribution in [0.1, 0.15) is 12.8 Å². The van der Waals surface area contributed by atoms with Gasteiger partial charge in [0.05, 0.1) is 5.52 Å². The second-order valence-electron chi connectivity index (χ2n) is 4.71. The third-order valence-corrected chi connectivity index (χ3v) is 5.03. The molecule has 106 valence electrons. The molecular formula is C13H15N3O2S2. The van der Waals surface area contributed by atoms with Crippen molar-refractivity contribution in [3.05, 3.63) is 21.8 Å². The van der Waals surface area contributed by atoms with Gasteiger partial charge in [0.2, 0.25) is 5.91 Å². The van der Waals surface area contributed by atoms with E-state index in [4.69, 9.17) is 0 Å². The lowest BCUT2D eigenvalue weighted by Gasteiger charge is -2.17. The van der Waals surface area contributed by atoms with Crippen molar-refractivity contribution in [1.82, 2.24) is 14.5 Å². The van der Waals surface area contributed by atoms with Gasteiger partial charge < -0.3 is 4.90 Å². The van der Waals surface area contributed by atoms with Gasteiger partial charge in [0.25, 0.3) is 5.56 Å². The maximum Gasteiger partial charge on any atom is 0.272 e. The lowest BCUT2D eigenvalue weighted by atomic mass is 10.4. The molecule has 2 aromatic heterocycles. The summed E-state index contributed by atoms with van der Waals surface area (Å²) in [4.78, 5) is 31.0. The van der Waals surface area contributed by atoms with E-state index in [9.17, 15) is 9.59 Å². The van der Waals surface area contributed by atoms with E-state index in [1.807, 2.05) is 22.6 Å². The van der Waals surface area contributed by atoms with E-state index in [1.54, 1.807) is 0 Å². The minimum atomic E-state index is -0.109. The molecule has 0 unspecified atom stereocenters. The average Bonchev–Trinajstić information content (AvgIpc) is 3.11. The molecule has 3 rings (SSSR count). The van der Waals surface area contributed by atoms with Crippen LogP contribution in [-0.2, 0) is 11.3 Å². The highest BCUT2D eigenvalue weighted by Crippen LogP contribution is 2.19. The summed E-state index contributed by atoms with van der Waals surface area (Å²) in [5, 5.41) is 2.46. The summed E-state index contributed by atoms with van der Waals surface area (Å²) in [6, 6.07) is 1.84. The number of hydrogen-bond acceptors (Lipinski definition) is 5. The maximum absolute atomic E-state index is 12.5. The molecule has 0 spiro atoms. The second-order valence-corrected chi connectivity index (χ2v) is 6.40. The molecule has 20 heavy (non-hydrogen) atoms. The van der Waals surface area contributed by atoms with Gasteiger partial charge in [-0.25, -0.2) is 4.98 Å². The molecule has 1 aliphatic rings. The zero-order chi connectivity index (χ0) is 14.1. The topological polar surface area (TPSA) is 55.2 Å². The normalized spacial score (nSPS) is 15.2. The average molecular weight is 309 g/mol.